The molecule has 1 aromatic rings. The first-order chi connectivity index (χ1) is 8.25. The molecule has 1 rings (SSSR count). The van der Waals surface area contributed by atoms with E-state index in [4.69, 9.17) is 0 Å². The minimum Gasteiger partial charge on any atom is -0.388 e. The highest BCUT2D eigenvalue weighted by Crippen LogP contribution is 2.37. The van der Waals surface area contributed by atoms with Crippen LogP contribution in [0.1, 0.15) is 18.6 Å². The maximum Gasteiger partial charge on any atom is 0.289 e. The summed E-state index contributed by atoms with van der Waals surface area (Å²) in [5.74, 6) is 0. The van der Waals surface area contributed by atoms with E-state index < -0.39 is 43.5 Å². The van der Waals surface area contributed by atoms with Crippen molar-refractivity contribution in [2.24, 2.45) is 0 Å². The Morgan fingerprint density at radius 2 is 1.39 bits per heavy atom. The van der Waals surface area contributed by atoms with Gasteiger partial charge in [0, 0.05) is 0 Å². The van der Waals surface area contributed by atoms with E-state index in [1.807, 2.05) is 0 Å². The summed E-state index contributed by atoms with van der Waals surface area (Å²) < 4.78 is 0. The van der Waals surface area contributed by atoms with Crippen molar-refractivity contribution in [1.29, 1.82) is 0 Å². The summed E-state index contributed by atoms with van der Waals surface area (Å²) >= 11 is 0. The van der Waals surface area contributed by atoms with Crippen LogP contribution in [0.2, 0.25) is 0 Å². The molecular formula is C8H7N3O7. The standard InChI is InChI=1S/C8H7N3O7/c1-4(12)8-6(10(15)16)2-5(9(13)14)3-7(8)11(17)18/h2-4,12H,1H3. The Kier molecular flexibility index (Phi) is 3.52. The lowest BCUT2D eigenvalue weighted by molar-refractivity contribution is -0.404. The molecule has 0 heterocycles. The molecule has 10 nitrogen and oxygen atoms in total. The average Bonchev–Trinajstić information content (AvgIpc) is 2.26. The molecule has 18 heavy (non-hydrogen) atoms. The zero-order valence-corrected chi connectivity index (χ0v) is 8.97. The van der Waals surface area contributed by atoms with Gasteiger partial charge in [-0.05, 0) is 6.92 Å². The van der Waals surface area contributed by atoms with Crippen LogP contribution in [0, 0.1) is 30.3 Å². The number of non-ortho nitro benzene ring substituents is 1. The van der Waals surface area contributed by atoms with Gasteiger partial charge in [0.2, 0.25) is 0 Å². The van der Waals surface area contributed by atoms with Gasteiger partial charge < -0.3 is 5.11 Å². The molecule has 1 unspecified atom stereocenters. The number of nitro benzene ring substituents is 3. The van der Waals surface area contributed by atoms with Crippen LogP contribution in [0.3, 0.4) is 0 Å². The third-order valence-corrected chi connectivity index (χ3v) is 2.14. The van der Waals surface area contributed by atoms with E-state index in [1.54, 1.807) is 0 Å². The average molecular weight is 257 g/mol. The summed E-state index contributed by atoms with van der Waals surface area (Å²) in [6.07, 6.45) is -1.49. The van der Waals surface area contributed by atoms with Crippen molar-refractivity contribution in [2.75, 3.05) is 0 Å². The van der Waals surface area contributed by atoms with Gasteiger partial charge in [0.1, 0.15) is 5.56 Å². The molecule has 0 bridgehead atoms. The van der Waals surface area contributed by atoms with Crippen molar-refractivity contribution < 1.29 is 19.9 Å². The highest BCUT2D eigenvalue weighted by atomic mass is 16.6. The third kappa shape index (κ3) is 2.38. The van der Waals surface area contributed by atoms with Gasteiger partial charge in [-0.25, -0.2) is 0 Å². The highest BCUT2D eigenvalue weighted by Gasteiger charge is 2.32. The molecule has 1 N–H and O–H groups in total. The third-order valence-electron chi connectivity index (χ3n) is 2.14. The number of aliphatic hydroxyl groups excluding tert-OH is 1. The van der Waals surface area contributed by atoms with Gasteiger partial charge in [0.15, 0.2) is 0 Å². The van der Waals surface area contributed by atoms with Crippen LogP contribution >= 0.6 is 0 Å². The Balaban J connectivity index is 3.71. The zero-order valence-electron chi connectivity index (χ0n) is 8.97. The van der Waals surface area contributed by atoms with Crippen LogP contribution in [0.4, 0.5) is 17.1 Å². The minimum atomic E-state index is -1.49. The van der Waals surface area contributed by atoms with Gasteiger partial charge in [0.25, 0.3) is 17.1 Å². The van der Waals surface area contributed by atoms with Gasteiger partial charge >= 0.3 is 0 Å². The number of benzene rings is 1. The molecule has 0 aliphatic carbocycles. The van der Waals surface area contributed by atoms with Crippen LogP contribution in [-0.2, 0) is 0 Å². The van der Waals surface area contributed by atoms with Gasteiger partial charge in [-0.15, -0.1) is 0 Å². The SMILES string of the molecule is CC(O)c1c([N+](=O)[O-])cc([N+](=O)[O-])cc1[N+](=O)[O-]. The van der Waals surface area contributed by atoms with E-state index in [0.29, 0.717) is 12.1 Å². The maximum atomic E-state index is 10.7. The summed E-state index contributed by atoms with van der Waals surface area (Å²) in [6, 6.07) is 1.16. The summed E-state index contributed by atoms with van der Waals surface area (Å²) in [5.41, 5.74) is -3.05. The summed E-state index contributed by atoms with van der Waals surface area (Å²) in [6.45, 7) is 1.10. The van der Waals surface area contributed by atoms with Crippen molar-refractivity contribution in [3.63, 3.8) is 0 Å². The second-order valence-corrected chi connectivity index (χ2v) is 3.34. The van der Waals surface area contributed by atoms with E-state index in [1.165, 1.54) is 0 Å². The molecular weight excluding hydrogens is 250 g/mol. The number of nitrogens with zero attached hydrogens (tertiary/aromatic N) is 3. The Labute approximate surface area is 98.9 Å². The molecule has 1 aromatic carbocycles. The monoisotopic (exact) mass is 257 g/mol. The topological polar surface area (TPSA) is 150 Å². The van der Waals surface area contributed by atoms with Crippen LogP contribution in [-0.4, -0.2) is 19.9 Å². The van der Waals surface area contributed by atoms with Gasteiger partial charge in [-0.3, -0.25) is 30.3 Å². The lowest BCUT2D eigenvalue weighted by atomic mass is 10.0. The molecule has 0 aromatic heterocycles. The fourth-order valence-electron chi connectivity index (χ4n) is 1.44. The molecule has 0 saturated carbocycles. The molecule has 0 radical (unpaired) electrons. The summed E-state index contributed by atoms with van der Waals surface area (Å²) in [5, 5.41) is 41.3. The molecule has 0 amide bonds. The minimum absolute atomic E-state index is 0.560. The normalized spacial score (nSPS) is 11.9. The van der Waals surface area contributed by atoms with Gasteiger partial charge in [-0.1, -0.05) is 0 Å². The van der Waals surface area contributed by atoms with Crippen LogP contribution in [0.25, 0.3) is 0 Å². The van der Waals surface area contributed by atoms with Crippen LogP contribution < -0.4 is 0 Å². The first kappa shape index (κ1) is 13.4. The molecule has 0 spiro atoms. The fraction of sp³-hybridized carbons (Fsp3) is 0.250. The van der Waals surface area contributed by atoms with Crippen molar-refractivity contribution in [3.05, 3.63) is 48.0 Å². The van der Waals surface area contributed by atoms with Gasteiger partial charge in [-0.2, -0.15) is 0 Å². The number of rotatable bonds is 4. The predicted octanol–water partition coefficient (Wildman–Crippen LogP) is 1.46. The quantitative estimate of drug-likeness (QED) is 0.633. The molecule has 10 heteroatoms. The van der Waals surface area contributed by atoms with E-state index in [0.717, 1.165) is 6.92 Å². The lowest BCUT2D eigenvalue weighted by Crippen LogP contribution is -2.05. The molecule has 0 aliphatic heterocycles. The largest absolute Gasteiger partial charge is 0.388 e. The van der Waals surface area contributed by atoms with Gasteiger partial charge in [0.05, 0.1) is 33.0 Å². The molecule has 0 aliphatic rings. The predicted molar refractivity (Wildman–Crippen MR) is 57.0 cm³/mol. The van der Waals surface area contributed by atoms with Crippen LogP contribution in [0.15, 0.2) is 12.1 Å². The Morgan fingerprint density at radius 3 is 1.61 bits per heavy atom. The molecule has 0 saturated heterocycles. The number of nitro groups is 3. The van der Waals surface area contributed by atoms with E-state index in [2.05, 4.69) is 0 Å². The first-order valence-electron chi connectivity index (χ1n) is 4.55. The number of hydrogen-bond acceptors (Lipinski definition) is 7. The van der Waals surface area contributed by atoms with Crippen molar-refractivity contribution in [3.8, 4) is 0 Å². The smallest absolute Gasteiger partial charge is 0.289 e. The maximum absolute atomic E-state index is 10.7. The lowest BCUT2D eigenvalue weighted by Gasteiger charge is -2.06. The van der Waals surface area contributed by atoms with Crippen molar-refractivity contribution >= 4 is 17.1 Å². The summed E-state index contributed by atoms with van der Waals surface area (Å²) in [7, 11) is 0. The van der Waals surface area contributed by atoms with E-state index in [-0.39, 0.29) is 0 Å². The van der Waals surface area contributed by atoms with Crippen molar-refractivity contribution in [1.82, 2.24) is 0 Å². The number of aliphatic hydroxyl groups is 1. The molecule has 96 valence electrons. The van der Waals surface area contributed by atoms with Crippen molar-refractivity contribution in [2.45, 2.75) is 13.0 Å². The zero-order chi connectivity index (χ0) is 14.0. The van der Waals surface area contributed by atoms with E-state index in [9.17, 15) is 35.4 Å². The van der Waals surface area contributed by atoms with E-state index >= 15 is 0 Å². The second-order valence-electron chi connectivity index (χ2n) is 3.34. The molecule has 1 atom stereocenters. The Bertz CT molecular complexity index is 504. The second kappa shape index (κ2) is 4.71. The summed E-state index contributed by atoms with van der Waals surface area (Å²) in [4.78, 5) is 29.0. The first-order valence-corrected chi connectivity index (χ1v) is 4.55. The molecule has 0 fully saturated rings. The Morgan fingerprint density at radius 1 is 1.00 bits per heavy atom. The Hall–Kier alpha value is -2.62. The fourth-order valence-corrected chi connectivity index (χ4v) is 1.44. The van der Waals surface area contributed by atoms with Crippen LogP contribution in [0.5, 0.6) is 0 Å². The number of hydrogen-bond donors (Lipinski definition) is 1. The highest BCUT2D eigenvalue weighted by molar-refractivity contribution is 5.61.